The smallest absolute Gasteiger partial charge is 0.234 e. The zero-order valence-electron chi connectivity index (χ0n) is 10.8. The zero-order chi connectivity index (χ0) is 13.2. The average Bonchev–Trinajstić information content (AvgIpc) is 2.36. The summed E-state index contributed by atoms with van der Waals surface area (Å²) >= 11 is 0. The number of benzene rings is 1. The molecule has 1 aromatic rings. The van der Waals surface area contributed by atoms with Crippen LogP contribution in [0.15, 0.2) is 30.3 Å². The second kappa shape index (κ2) is 8.49. The third kappa shape index (κ3) is 6.22. The molecule has 0 aliphatic heterocycles. The molecule has 0 bridgehead atoms. The Morgan fingerprint density at radius 3 is 2.78 bits per heavy atom. The Morgan fingerprint density at radius 1 is 1.39 bits per heavy atom. The van der Waals surface area contributed by atoms with E-state index in [-0.39, 0.29) is 5.91 Å². The van der Waals surface area contributed by atoms with Gasteiger partial charge in [-0.1, -0.05) is 18.2 Å². The first-order valence-corrected chi connectivity index (χ1v) is 6.05. The van der Waals surface area contributed by atoms with Crippen LogP contribution in [-0.4, -0.2) is 50.6 Å². The van der Waals surface area contributed by atoms with Gasteiger partial charge in [-0.2, -0.15) is 0 Å². The van der Waals surface area contributed by atoms with Crippen LogP contribution in [0.25, 0.3) is 0 Å². The highest BCUT2D eigenvalue weighted by Gasteiger charge is 2.04. The fraction of sp³-hybridized carbons (Fsp3) is 0.462. The molecular formula is C13H21N3O2. The molecule has 3 N–H and O–H groups in total. The number of carbonyl (C=O) groups excluding carboxylic acids is 1. The molecule has 5 nitrogen and oxygen atoms in total. The van der Waals surface area contributed by atoms with Gasteiger partial charge < -0.3 is 15.8 Å². The lowest BCUT2D eigenvalue weighted by Gasteiger charge is -2.14. The van der Waals surface area contributed by atoms with Gasteiger partial charge in [-0.3, -0.25) is 9.69 Å². The van der Waals surface area contributed by atoms with Crippen molar-refractivity contribution < 1.29 is 9.53 Å². The first-order chi connectivity index (χ1) is 8.72. The summed E-state index contributed by atoms with van der Waals surface area (Å²) in [6.07, 6.45) is 0. The number of nitrogens with two attached hydrogens (primary N) is 1. The Hall–Kier alpha value is -1.59. The van der Waals surface area contributed by atoms with Crippen LogP contribution in [0, 0.1) is 0 Å². The first-order valence-electron chi connectivity index (χ1n) is 6.05. The van der Waals surface area contributed by atoms with Crippen LogP contribution in [0.4, 0.5) is 0 Å². The van der Waals surface area contributed by atoms with Crippen molar-refractivity contribution >= 4 is 5.91 Å². The van der Waals surface area contributed by atoms with Crippen molar-refractivity contribution in [2.45, 2.75) is 0 Å². The number of hydrogen-bond donors (Lipinski definition) is 2. The van der Waals surface area contributed by atoms with E-state index < -0.39 is 0 Å². The topological polar surface area (TPSA) is 67.6 Å². The van der Waals surface area contributed by atoms with E-state index in [1.54, 1.807) is 0 Å². The normalized spacial score (nSPS) is 10.4. The molecule has 18 heavy (non-hydrogen) atoms. The fourth-order valence-electron chi connectivity index (χ4n) is 1.48. The fourth-order valence-corrected chi connectivity index (χ4v) is 1.48. The van der Waals surface area contributed by atoms with E-state index in [0.29, 0.717) is 32.8 Å². The molecule has 5 heteroatoms. The van der Waals surface area contributed by atoms with Gasteiger partial charge in [0, 0.05) is 13.1 Å². The predicted molar refractivity (Wildman–Crippen MR) is 71.5 cm³/mol. The van der Waals surface area contributed by atoms with Crippen molar-refractivity contribution in [1.82, 2.24) is 10.2 Å². The average molecular weight is 251 g/mol. The molecule has 0 aliphatic rings. The number of nitrogens with zero attached hydrogens (tertiary/aromatic N) is 1. The maximum absolute atomic E-state index is 11.5. The molecule has 0 saturated heterocycles. The molecule has 0 saturated carbocycles. The summed E-state index contributed by atoms with van der Waals surface area (Å²) in [4.78, 5) is 13.4. The van der Waals surface area contributed by atoms with Gasteiger partial charge >= 0.3 is 0 Å². The van der Waals surface area contributed by atoms with Crippen LogP contribution < -0.4 is 15.8 Å². The lowest BCUT2D eigenvalue weighted by atomic mass is 10.3. The van der Waals surface area contributed by atoms with Crippen LogP contribution in [0.3, 0.4) is 0 Å². The SMILES string of the molecule is CN(CCN)CC(=O)NCCOc1ccccc1. The molecule has 1 rings (SSSR count). The van der Waals surface area contributed by atoms with Gasteiger partial charge in [-0.25, -0.2) is 0 Å². The third-order valence-corrected chi connectivity index (χ3v) is 2.36. The number of para-hydroxylation sites is 1. The predicted octanol–water partition coefficient (Wildman–Crippen LogP) is 0.0721. The quantitative estimate of drug-likeness (QED) is 0.642. The molecule has 0 fully saturated rings. The number of likely N-dealkylation sites (N-methyl/N-ethyl adjacent to an activating group) is 1. The van der Waals surface area contributed by atoms with E-state index in [2.05, 4.69) is 5.32 Å². The molecule has 0 heterocycles. The van der Waals surface area contributed by atoms with Crippen molar-refractivity contribution in [3.8, 4) is 5.75 Å². The highest BCUT2D eigenvalue weighted by atomic mass is 16.5. The highest BCUT2D eigenvalue weighted by Crippen LogP contribution is 2.07. The van der Waals surface area contributed by atoms with Crippen molar-refractivity contribution in [3.05, 3.63) is 30.3 Å². The van der Waals surface area contributed by atoms with Gasteiger partial charge in [0.15, 0.2) is 0 Å². The maximum atomic E-state index is 11.5. The minimum Gasteiger partial charge on any atom is -0.492 e. The summed E-state index contributed by atoms with van der Waals surface area (Å²) in [5.41, 5.74) is 5.40. The van der Waals surface area contributed by atoms with Gasteiger partial charge in [0.25, 0.3) is 0 Å². The Kier molecular flexibility index (Phi) is 6.83. The Labute approximate surface area is 108 Å². The zero-order valence-corrected chi connectivity index (χ0v) is 10.8. The molecule has 0 spiro atoms. The molecule has 0 atom stereocenters. The Morgan fingerprint density at radius 2 is 2.11 bits per heavy atom. The summed E-state index contributed by atoms with van der Waals surface area (Å²) in [6.45, 7) is 2.61. The highest BCUT2D eigenvalue weighted by molar-refractivity contribution is 5.77. The minimum absolute atomic E-state index is 0.0115. The molecule has 1 amide bonds. The van der Waals surface area contributed by atoms with Crippen molar-refractivity contribution in [1.29, 1.82) is 0 Å². The summed E-state index contributed by atoms with van der Waals surface area (Å²) in [6, 6.07) is 9.53. The van der Waals surface area contributed by atoms with Crippen molar-refractivity contribution in [3.63, 3.8) is 0 Å². The number of ether oxygens (including phenoxy) is 1. The van der Waals surface area contributed by atoms with Crippen LogP contribution in [0.5, 0.6) is 5.75 Å². The van der Waals surface area contributed by atoms with Gasteiger partial charge in [0.2, 0.25) is 5.91 Å². The first kappa shape index (κ1) is 14.5. The van der Waals surface area contributed by atoms with E-state index in [1.165, 1.54) is 0 Å². The molecule has 0 aliphatic carbocycles. The van der Waals surface area contributed by atoms with E-state index in [0.717, 1.165) is 5.75 Å². The summed E-state index contributed by atoms with van der Waals surface area (Å²) in [5, 5.41) is 2.80. The van der Waals surface area contributed by atoms with Crippen molar-refractivity contribution in [2.24, 2.45) is 5.73 Å². The molecule has 100 valence electrons. The summed E-state index contributed by atoms with van der Waals surface area (Å²) in [5.74, 6) is 0.801. The summed E-state index contributed by atoms with van der Waals surface area (Å²) in [7, 11) is 1.87. The van der Waals surface area contributed by atoms with E-state index in [1.807, 2.05) is 42.3 Å². The second-order valence-corrected chi connectivity index (χ2v) is 4.04. The summed E-state index contributed by atoms with van der Waals surface area (Å²) < 4.78 is 5.46. The lowest BCUT2D eigenvalue weighted by molar-refractivity contribution is -0.122. The Balaban J connectivity index is 2.09. The second-order valence-electron chi connectivity index (χ2n) is 4.04. The molecule has 0 unspecified atom stereocenters. The van der Waals surface area contributed by atoms with Gasteiger partial charge in [0.1, 0.15) is 12.4 Å². The monoisotopic (exact) mass is 251 g/mol. The van der Waals surface area contributed by atoms with Crippen LogP contribution in [-0.2, 0) is 4.79 Å². The van der Waals surface area contributed by atoms with E-state index >= 15 is 0 Å². The minimum atomic E-state index is -0.0115. The largest absolute Gasteiger partial charge is 0.492 e. The van der Waals surface area contributed by atoms with Crippen LogP contribution >= 0.6 is 0 Å². The molecule has 0 aromatic heterocycles. The van der Waals surface area contributed by atoms with Gasteiger partial charge in [-0.15, -0.1) is 0 Å². The number of carbonyl (C=O) groups is 1. The molecule has 1 aromatic carbocycles. The standard InChI is InChI=1S/C13H21N3O2/c1-16(9-7-14)11-13(17)15-8-10-18-12-5-3-2-4-6-12/h2-6H,7-11,14H2,1H3,(H,15,17). The van der Waals surface area contributed by atoms with Crippen molar-refractivity contribution in [2.75, 3.05) is 39.8 Å². The molecule has 0 radical (unpaired) electrons. The van der Waals surface area contributed by atoms with Gasteiger partial charge in [0.05, 0.1) is 13.1 Å². The number of rotatable bonds is 8. The maximum Gasteiger partial charge on any atom is 0.234 e. The molecular weight excluding hydrogens is 230 g/mol. The third-order valence-electron chi connectivity index (χ3n) is 2.36. The Bertz CT molecular complexity index is 343. The van der Waals surface area contributed by atoms with E-state index in [4.69, 9.17) is 10.5 Å². The lowest BCUT2D eigenvalue weighted by Crippen LogP contribution is -2.38. The van der Waals surface area contributed by atoms with Crippen LogP contribution in [0.2, 0.25) is 0 Å². The van der Waals surface area contributed by atoms with Crippen LogP contribution in [0.1, 0.15) is 0 Å². The number of hydrogen-bond acceptors (Lipinski definition) is 4. The van der Waals surface area contributed by atoms with Gasteiger partial charge in [-0.05, 0) is 19.2 Å². The number of amides is 1. The van der Waals surface area contributed by atoms with E-state index in [9.17, 15) is 4.79 Å². The number of nitrogens with one attached hydrogen (secondary N) is 1.